The van der Waals surface area contributed by atoms with E-state index in [1.807, 2.05) is 37.3 Å². The molecule has 0 aliphatic heterocycles. The van der Waals surface area contributed by atoms with Gasteiger partial charge in [0, 0.05) is 0 Å². The summed E-state index contributed by atoms with van der Waals surface area (Å²) in [7, 11) is 2.89. The molecule has 3 rings (SSSR count). The summed E-state index contributed by atoms with van der Waals surface area (Å²) < 4.78 is 11.7. The van der Waals surface area contributed by atoms with Gasteiger partial charge < -0.3 is 14.8 Å². The van der Waals surface area contributed by atoms with Crippen LogP contribution in [0.25, 0.3) is 5.69 Å². The van der Waals surface area contributed by atoms with Crippen LogP contribution in [0.3, 0.4) is 0 Å². The molecule has 134 valence electrons. The van der Waals surface area contributed by atoms with Crippen molar-refractivity contribution < 1.29 is 14.3 Å². The molecule has 3 aromatic rings. The normalized spacial score (nSPS) is 10.4. The average molecular weight is 354 g/mol. The number of benzene rings is 1. The first-order valence-corrected chi connectivity index (χ1v) is 7.83. The second kappa shape index (κ2) is 7.60. The number of nitrogens with one attached hydrogen (secondary N) is 1. The summed E-state index contributed by atoms with van der Waals surface area (Å²) >= 11 is 0. The van der Waals surface area contributed by atoms with E-state index in [0.717, 1.165) is 11.4 Å². The maximum Gasteiger partial charge on any atom is 0.322 e. The minimum absolute atomic E-state index is 0.101. The van der Waals surface area contributed by atoms with E-state index < -0.39 is 0 Å². The van der Waals surface area contributed by atoms with Crippen molar-refractivity contribution in [2.24, 2.45) is 0 Å². The molecule has 1 aromatic carbocycles. The van der Waals surface area contributed by atoms with Gasteiger partial charge in [0.25, 0.3) is 5.91 Å². The molecule has 9 nitrogen and oxygen atoms in total. The van der Waals surface area contributed by atoms with E-state index in [-0.39, 0.29) is 24.5 Å². The largest absolute Gasteiger partial charge is 0.467 e. The van der Waals surface area contributed by atoms with Crippen LogP contribution in [0, 0.1) is 6.92 Å². The predicted molar refractivity (Wildman–Crippen MR) is 92.4 cm³/mol. The second-order valence-electron chi connectivity index (χ2n) is 5.30. The molecule has 0 aliphatic carbocycles. The zero-order valence-electron chi connectivity index (χ0n) is 14.6. The summed E-state index contributed by atoms with van der Waals surface area (Å²) in [4.78, 5) is 24.6. The minimum Gasteiger partial charge on any atom is -0.467 e. The Kier molecular flexibility index (Phi) is 5.07. The zero-order valence-corrected chi connectivity index (χ0v) is 14.6. The third kappa shape index (κ3) is 3.61. The molecule has 0 unspecified atom stereocenters. The molecule has 0 saturated heterocycles. The van der Waals surface area contributed by atoms with Gasteiger partial charge in [0.2, 0.25) is 0 Å². The molecule has 2 heterocycles. The minimum atomic E-state index is -0.275. The number of hydrogen-bond acceptors (Lipinski definition) is 7. The Morgan fingerprint density at radius 1 is 1.08 bits per heavy atom. The van der Waals surface area contributed by atoms with Crippen molar-refractivity contribution in [1.82, 2.24) is 30.0 Å². The maximum atomic E-state index is 12.5. The maximum absolute atomic E-state index is 12.5. The van der Waals surface area contributed by atoms with Crippen molar-refractivity contribution in [3.63, 3.8) is 0 Å². The van der Waals surface area contributed by atoms with Gasteiger partial charge >= 0.3 is 12.0 Å². The molecule has 0 spiro atoms. The van der Waals surface area contributed by atoms with Gasteiger partial charge in [-0.15, -0.1) is 4.98 Å². The van der Waals surface area contributed by atoms with E-state index >= 15 is 0 Å². The van der Waals surface area contributed by atoms with E-state index in [1.54, 1.807) is 4.68 Å². The monoisotopic (exact) mass is 354 g/mol. The van der Waals surface area contributed by atoms with Crippen LogP contribution in [0.1, 0.15) is 21.9 Å². The SMILES string of the molecule is COc1nc(CNC(=O)c2cnn(-c3ccccc3)c2C)nc(OC)n1. The number of aromatic nitrogens is 5. The molecule has 0 bridgehead atoms. The van der Waals surface area contributed by atoms with Crippen LogP contribution in [0.5, 0.6) is 12.0 Å². The molecule has 1 amide bonds. The number of para-hydroxylation sites is 1. The van der Waals surface area contributed by atoms with Crippen molar-refractivity contribution in [2.45, 2.75) is 13.5 Å². The first-order chi connectivity index (χ1) is 12.6. The zero-order chi connectivity index (χ0) is 18.5. The molecule has 2 aromatic heterocycles. The lowest BCUT2D eigenvalue weighted by Crippen LogP contribution is -2.24. The molecule has 0 atom stereocenters. The van der Waals surface area contributed by atoms with E-state index in [4.69, 9.17) is 9.47 Å². The lowest BCUT2D eigenvalue weighted by molar-refractivity contribution is 0.0949. The van der Waals surface area contributed by atoms with Crippen molar-refractivity contribution in [1.29, 1.82) is 0 Å². The highest BCUT2D eigenvalue weighted by Crippen LogP contribution is 2.14. The predicted octanol–water partition coefficient (Wildman–Crippen LogP) is 1.31. The van der Waals surface area contributed by atoms with Gasteiger partial charge in [0.05, 0.1) is 43.9 Å². The van der Waals surface area contributed by atoms with Crippen LogP contribution in [-0.2, 0) is 6.54 Å². The number of methoxy groups -OCH3 is 2. The quantitative estimate of drug-likeness (QED) is 0.712. The summed E-state index contributed by atoms with van der Waals surface area (Å²) in [6, 6.07) is 9.84. The van der Waals surface area contributed by atoms with E-state index in [9.17, 15) is 4.79 Å². The topological polar surface area (TPSA) is 104 Å². The Labute approximate surface area is 150 Å². The molecule has 0 aliphatic rings. The van der Waals surface area contributed by atoms with Crippen LogP contribution in [0.2, 0.25) is 0 Å². The Hall–Kier alpha value is -3.49. The lowest BCUT2D eigenvalue weighted by atomic mass is 10.2. The molecule has 9 heteroatoms. The smallest absolute Gasteiger partial charge is 0.322 e. The molecular formula is C17H18N6O3. The third-order valence-electron chi connectivity index (χ3n) is 3.67. The van der Waals surface area contributed by atoms with E-state index in [2.05, 4.69) is 25.4 Å². The summed E-state index contributed by atoms with van der Waals surface area (Å²) in [6.45, 7) is 1.94. The molecule has 0 fully saturated rings. The van der Waals surface area contributed by atoms with Crippen LogP contribution < -0.4 is 14.8 Å². The van der Waals surface area contributed by atoms with E-state index in [1.165, 1.54) is 20.4 Å². The first-order valence-electron chi connectivity index (χ1n) is 7.83. The number of amides is 1. The first kappa shape index (κ1) is 17.3. The van der Waals surface area contributed by atoms with Gasteiger partial charge in [0.15, 0.2) is 5.82 Å². The highest BCUT2D eigenvalue weighted by molar-refractivity contribution is 5.95. The summed E-state index contributed by atoms with van der Waals surface area (Å²) in [5.74, 6) is 0.0539. The number of rotatable bonds is 6. The van der Waals surface area contributed by atoms with Gasteiger partial charge in [-0.1, -0.05) is 18.2 Å². The van der Waals surface area contributed by atoms with Crippen LogP contribution in [0.15, 0.2) is 36.5 Å². The number of carbonyl (C=O) groups is 1. The average Bonchev–Trinajstić information content (AvgIpc) is 3.07. The van der Waals surface area contributed by atoms with Crippen LogP contribution in [0.4, 0.5) is 0 Å². The highest BCUT2D eigenvalue weighted by atomic mass is 16.5. The van der Waals surface area contributed by atoms with Gasteiger partial charge in [-0.3, -0.25) is 4.79 Å². The Bertz CT molecular complexity index is 888. The fourth-order valence-electron chi connectivity index (χ4n) is 2.36. The van der Waals surface area contributed by atoms with Crippen molar-refractivity contribution in [3.05, 3.63) is 53.6 Å². The number of ether oxygens (including phenoxy) is 2. The Morgan fingerprint density at radius 3 is 2.35 bits per heavy atom. The molecule has 26 heavy (non-hydrogen) atoms. The standard InChI is InChI=1S/C17H18N6O3/c1-11-13(9-19-23(11)12-7-5-4-6-8-12)15(24)18-10-14-20-16(25-2)22-17(21-14)26-3/h4-9H,10H2,1-3H3,(H,18,24). The Morgan fingerprint density at radius 2 is 1.73 bits per heavy atom. The Balaban J connectivity index is 1.74. The summed E-state index contributed by atoms with van der Waals surface area (Å²) in [5.41, 5.74) is 2.09. The van der Waals surface area contributed by atoms with Crippen LogP contribution >= 0.6 is 0 Å². The van der Waals surface area contributed by atoms with Crippen molar-refractivity contribution in [3.8, 4) is 17.7 Å². The second-order valence-corrected chi connectivity index (χ2v) is 5.30. The molecule has 0 saturated carbocycles. The summed E-state index contributed by atoms with van der Waals surface area (Å²) in [6.07, 6.45) is 1.53. The van der Waals surface area contributed by atoms with E-state index in [0.29, 0.717) is 11.4 Å². The van der Waals surface area contributed by atoms with Gasteiger partial charge in [-0.05, 0) is 19.1 Å². The highest BCUT2D eigenvalue weighted by Gasteiger charge is 2.16. The third-order valence-corrected chi connectivity index (χ3v) is 3.67. The molecular weight excluding hydrogens is 336 g/mol. The van der Waals surface area contributed by atoms with Crippen LogP contribution in [-0.4, -0.2) is 44.9 Å². The number of carbonyl (C=O) groups excluding carboxylic acids is 1. The van der Waals surface area contributed by atoms with Gasteiger partial charge in [0.1, 0.15) is 0 Å². The van der Waals surface area contributed by atoms with Crippen molar-refractivity contribution in [2.75, 3.05) is 14.2 Å². The number of hydrogen-bond donors (Lipinski definition) is 1. The fourth-order valence-corrected chi connectivity index (χ4v) is 2.36. The van der Waals surface area contributed by atoms with Gasteiger partial charge in [-0.2, -0.15) is 15.1 Å². The van der Waals surface area contributed by atoms with Crippen molar-refractivity contribution >= 4 is 5.91 Å². The summed E-state index contributed by atoms with van der Waals surface area (Å²) in [5, 5.41) is 7.06. The molecule has 1 N–H and O–H groups in total. The molecule has 0 radical (unpaired) electrons. The van der Waals surface area contributed by atoms with Gasteiger partial charge in [-0.25, -0.2) is 4.68 Å². The fraction of sp³-hybridized carbons (Fsp3) is 0.235. The number of nitrogens with zero attached hydrogens (tertiary/aromatic N) is 5. The lowest BCUT2D eigenvalue weighted by Gasteiger charge is -2.07.